The topological polar surface area (TPSA) is 341 Å². The molecule has 8 fully saturated rings. The zero-order chi connectivity index (χ0) is 68.7. The fourth-order valence-electron chi connectivity index (χ4n) is 21.7. The van der Waals surface area contributed by atoms with E-state index in [9.17, 15) is 34.5 Å². The Labute approximate surface area is 665 Å². The molecule has 0 aromatic rings. The molecule has 0 saturated heterocycles. The first-order chi connectivity index (χ1) is 44.5. The van der Waals surface area contributed by atoms with Crippen molar-refractivity contribution >= 4 is 23.9 Å². The van der Waals surface area contributed by atoms with E-state index in [2.05, 4.69) is 81.4 Å². The molecule has 10 aliphatic carbocycles. The van der Waals surface area contributed by atoms with E-state index >= 15 is 0 Å². The first-order valence-electron chi connectivity index (χ1n) is 38.2. The van der Waals surface area contributed by atoms with Crippen LogP contribution in [0.3, 0.4) is 0 Å². The largest absolute Gasteiger partial charge is 2.00 e. The van der Waals surface area contributed by atoms with E-state index in [1.807, 2.05) is 0 Å². The summed E-state index contributed by atoms with van der Waals surface area (Å²) in [6, 6.07) is -0.319. The SMILES string of the molecule is C.CC(C)CCC[C@@H](C)[C@H]1CCC2C3CC=C4C[C@@H](OCCN(CC(=O)[O-])CC(=O)O)CC[C@]4(C)C3CC[C@@]21C.CC(C)CCC[C@@H](C)[C@H]1CCC2C3CC=C4C[C@@H](OCCN(CC(=O)[O-])CC(=O)[O-])CC[C@]4(C)C3CC[C@@]21C.O.O.[Li+].[Li+].[NH-][C@@H]1CCCC[C@H]1[NH-].[NH-][C@@H]1CCCC[C@H]1[NH-].[Pt+2].[Pt]. The monoisotopic (exact) mass is 1770 g/mol. The molecule has 18 nitrogen and oxygen atoms in total. The number of allylic oxidation sites excluding steroid dienone is 2. The molecule has 8 saturated carbocycles. The number of nitrogens with zero attached hydrogens (tertiary/aromatic N) is 2. The van der Waals surface area contributed by atoms with E-state index in [-0.39, 0.29) is 172 Å². The summed E-state index contributed by atoms with van der Waals surface area (Å²) in [6.07, 6.45) is 42.0. The van der Waals surface area contributed by atoms with Crippen LogP contribution < -0.4 is 53.0 Å². The predicted molar refractivity (Wildman–Crippen MR) is 384 cm³/mol. The smallest absolute Gasteiger partial charge is 0.676 e. The molecule has 0 aromatic heterocycles. The number of fused-ring (bicyclic) bond motifs is 10. The van der Waals surface area contributed by atoms with Gasteiger partial charge in [-0.3, -0.25) is 14.6 Å². The standard InChI is InChI=1S/2C33H55NO5.2C6H12N2.CH4.2Li.2H2O.2Pt/c2*1-22(2)7-6-8-23(3)27-11-12-28-26-10-9-24-19-25(39-18-17-34(20-30(35)36)21-31(37)38)13-15-32(24,4)29(26)14-16-33(27,28)5;2*7-5-3-1-2-4-6(5)8;;;;;;;/h2*9,22-23,25-29H,6-8,10-21H2,1-5H3,(H,35,36)(H,37,38);2*5-8H,1-4H2;1H4;;;2*1H2;;/q;;2*-2;;2*+1;;;;+2/p-3/t2*23-,25+,26?,27-,28?,29?,32+,33-;2*5-,6-;;;;;;;/m1111......./s1. The molecular formula is C79H139Li2N6O12Pt2-3. The van der Waals surface area contributed by atoms with Crippen LogP contribution in [-0.4, -0.2) is 139 Å². The fourth-order valence-corrected chi connectivity index (χ4v) is 21.7. The Hall–Kier alpha value is -0.469. The van der Waals surface area contributed by atoms with Gasteiger partial charge in [-0.1, -0.05) is 190 Å². The van der Waals surface area contributed by atoms with Crippen LogP contribution in [0.25, 0.3) is 22.9 Å². The molecule has 10 rings (SSSR count). The normalized spacial score (nSPS) is 34.6. The molecule has 6 unspecified atom stereocenters. The van der Waals surface area contributed by atoms with E-state index in [0.717, 1.165) is 135 Å². The first kappa shape index (κ1) is 101. The van der Waals surface area contributed by atoms with Crippen LogP contribution in [0, 0.1) is 92.7 Å². The Kier molecular flexibility index (Phi) is 46.7. The van der Waals surface area contributed by atoms with E-state index in [1.165, 1.54) is 138 Å². The van der Waals surface area contributed by atoms with Crippen LogP contribution in [0.1, 0.15) is 269 Å². The number of ether oxygens (including phenoxy) is 2. The maximum atomic E-state index is 11.1. The second-order valence-electron chi connectivity index (χ2n) is 34.0. The molecule has 0 amide bonds. The van der Waals surface area contributed by atoms with E-state index in [0.29, 0.717) is 24.0 Å². The second kappa shape index (κ2) is 46.9. The molecule has 10 aliphatic rings. The van der Waals surface area contributed by atoms with Crippen molar-refractivity contribution in [3.63, 3.8) is 0 Å². The van der Waals surface area contributed by atoms with Gasteiger partial charge in [0.2, 0.25) is 0 Å². The summed E-state index contributed by atoms with van der Waals surface area (Å²) in [4.78, 5) is 46.6. The van der Waals surface area contributed by atoms with Crippen LogP contribution >= 0.6 is 0 Å². The van der Waals surface area contributed by atoms with Crippen molar-refractivity contribution in [3.8, 4) is 0 Å². The van der Waals surface area contributed by atoms with Crippen molar-refractivity contribution in [1.29, 1.82) is 0 Å². The minimum atomic E-state index is -1.29. The van der Waals surface area contributed by atoms with Crippen LogP contribution in [0.4, 0.5) is 0 Å². The molecule has 0 aliphatic heterocycles. The Balaban J connectivity index is 0.00000153. The number of carbonyl (C=O) groups excluding carboxylic acids is 3. The third kappa shape index (κ3) is 27.5. The van der Waals surface area contributed by atoms with Gasteiger partial charge in [-0.05, 0) is 195 Å². The van der Waals surface area contributed by atoms with Gasteiger partial charge in [-0.15, -0.1) is 0 Å². The maximum Gasteiger partial charge on any atom is 2.00 e. The summed E-state index contributed by atoms with van der Waals surface area (Å²) in [6.45, 7) is 24.5. The first-order valence-corrected chi connectivity index (χ1v) is 38.2. The Morgan fingerprint density at radius 1 is 0.505 bits per heavy atom. The van der Waals surface area contributed by atoms with Crippen molar-refractivity contribution in [3.05, 3.63) is 46.2 Å². The number of nitrogens with one attached hydrogen (secondary N) is 4. The number of hydrogen-bond donors (Lipinski definition) is 1. The Bertz CT molecular complexity index is 2280. The van der Waals surface area contributed by atoms with Gasteiger partial charge in [-0.2, -0.15) is 24.2 Å². The zero-order valence-corrected chi connectivity index (χ0v) is 68.6. The molecule has 20 atom stereocenters. The van der Waals surface area contributed by atoms with Crippen LogP contribution in [0.15, 0.2) is 23.3 Å². The number of aliphatic carboxylic acids is 4. The van der Waals surface area contributed by atoms with Crippen molar-refractivity contribution in [2.24, 2.45) is 92.7 Å². The summed E-state index contributed by atoms with van der Waals surface area (Å²) < 4.78 is 12.4. The second-order valence-corrected chi connectivity index (χ2v) is 34.0. The van der Waals surface area contributed by atoms with Crippen molar-refractivity contribution in [1.82, 2.24) is 9.80 Å². The quantitative estimate of drug-likeness (QED) is 0.0648. The number of rotatable bonds is 26. The average Bonchev–Trinajstić information content (AvgIpc) is 1.70. The molecule has 9 N–H and O–H groups in total. The van der Waals surface area contributed by atoms with Gasteiger partial charge in [0.1, 0.15) is 0 Å². The van der Waals surface area contributed by atoms with Gasteiger partial charge in [0.15, 0.2) is 0 Å². The number of carbonyl (C=O) groups is 4. The predicted octanol–water partition coefficient (Wildman–Crippen LogP) is 7.56. The summed E-state index contributed by atoms with van der Waals surface area (Å²) in [7, 11) is 0. The Morgan fingerprint density at radius 2 is 0.832 bits per heavy atom. The van der Waals surface area contributed by atoms with Crippen molar-refractivity contribution in [2.75, 3.05) is 52.5 Å². The van der Waals surface area contributed by atoms with Crippen LogP contribution in [0.2, 0.25) is 0 Å². The molecule has 101 heavy (non-hydrogen) atoms. The number of carboxylic acid groups (broad SMARTS) is 4. The van der Waals surface area contributed by atoms with E-state index in [1.54, 1.807) is 11.1 Å². The van der Waals surface area contributed by atoms with E-state index in [4.69, 9.17) is 37.5 Å². The summed E-state index contributed by atoms with van der Waals surface area (Å²) in [5.41, 5.74) is 33.9. The molecule has 0 bridgehead atoms. The summed E-state index contributed by atoms with van der Waals surface area (Å²) in [5.74, 6) is 5.08. The van der Waals surface area contributed by atoms with Crippen molar-refractivity contribution in [2.45, 2.75) is 306 Å². The third-order valence-electron chi connectivity index (χ3n) is 27.0. The van der Waals surface area contributed by atoms with Gasteiger partial charge in [-0.25, -0.2) is 0 Å². The molecule has 0 spiro atoms. The van der Waals surface area contributed by atoms with Crippen molar-refractivity contribution < 1.29 is 140 Å². The van der Waals surface area contributed by atoms with Crippen LogP contribution in [0.5, 0.6) is 0 Å². The van der Waals surface area contributed by atoms with Gasteiger partial charge in [0.25, 0.3) is 0 Å². The Morgan fingerprint density at radius 3 is 1.13 bits per heavy atom. The van der Waals surface area contributed by atoms with Gasteiger partial charge < -0.3 is 78.2 Å². The summed E-state index contributed by atoms with van der Waals surface area (Å²) in [5, 5.41) is 41.9. The number of hydrogen-bond acceptors (Lipinski definition) is 11. The minimum absolute atomic E-state index is 0. The summed E-state index contributed by atoms with van der Waals surface area (Å²) >= 11 is 0. The molecule has 0 heterocycles. The van der Waals surface area contributed by atoms with Gasteiger partial charge in [0.05, 0.1) is 49.9 Å². The maximum absolute atomic E-state index is 11.1. The zero-order valence-electron chi connectivity index (χ0n) is 64.1. The molecule has 0 aromatic carbocycles. The van der Waals surface area contributed by atoms with Gasteiger partial charge >= 0.3 is 64.8 Å². The molecule has 22 heteroatoms. The minimum Gasteiger partial charge on any atom is -0.676 e. The average molecular weight is 1770 g/mol. The van der Waals surface area contributed by atoms with E-state index < -0.39 is 37.0 Å². The van der Waals surface area contributed by atoms with Crippen LogP contribution in [-0.2, 0) is 70.8 Å². The third-order valence-corrected chi connectivity index (χ3v) is 27.0. The van der Waals surface area contributed by atoms with Gasteiger partial charge in [0, 0.05) is 53.8 Å². The molecular weight excluding hydrogens is 1630 g/mol. The fraction of sp³-hybridized carbons (Fsp3) is 0.899. The molecule has 582 valence electrons. The molecule has 0 radical (unpaired) electrons. The number of carboxylic acids is 4.